The van der Waals surface area contributed by atoms with Gasteiger partial charge in [-0.2, -0.15) is 0 Å². The van der Waals surface area contributed by atoms with Crippen LogP contribution in [0.15, 0.2) is 78.9 Å². The van der Waals surface area contributed by atoms with E-state index in [1.54, 1.807) is 12.1 Å². The van der Waals surface area contributed by atoms with E-state index < -0.39 is 6.17 Å². The predicted octanol–water partition coefficient (Wildman–Crippen LogP) is 6.32. The van der Waals surface area contributed by atoms with Crippen LogP contribution in [-0.4, -0.2) is 11.0 Å². The van der Waals surface area contributed by atoms with E-state index >= 15 is 0 Å². The maximum atomic E-state index is 13.2. The van der Waals surface area contributed by atoms with E-state index in [0.717, 1.165) is 36.8 Å². The van der Waals surface area contributed by atoms with E-state index in [0.29, 0.717) is 6.54 Å². The molecule has 5 nitrogen and oxygen atoms in total. The van der Waals surface area contributed by atoms with Gasteiger partial charge in [0.25, 0.3) is 0 Å². The van der Waals surface area contributed by atoms with E-state index in [9.17, 15) is 9.90 Å². The number of amides is 1. The van der Waals surface area contributed by atoms with Gasteiger partial charge in [-0.1, -0.05) is 93.4 Å². The fourth-order valence-corrected chi connectivity index (χ4v) is 4.96. The summed E-state index contributed by atoms with van der Waals surface area (Å²) >= 11 is 0. The van der Waals surface area contributed by atoms with Crippen LogP contribution in [0.3, 0.4) is 0 Å². The Balaban J connectivity index is 0.00000176. The lowest BCUT2D eigenvalue weighted by molar-refractivity contribution is -0.127. The minimum atomic E-state index is -0.495. The monoisotopic (exact) mass is 487 g/mol. The van der Waals surface area contributed by atoms with E-state index in [1.807, 2.05) is 56.3 Å². The molecular weight excluding hydrogens is 446 g/mol. The SMILES string of the molecule is CC.CC(NCc1cccc(C2CCCCC2C(=O)NC(N)c2ccccc2)c1)c1cccc(O)c1. The van der Waals surface area contributed by atoms with Crippen LogP contribution in [0.4, 0.5) is 0 Å². The Kier molecular flexibility index (Phi) is 10.5. The normalized spacial score (nSPS) is 18.9. The molecule has 1 aliphatic carbocycles. The topological polar surface area (TPSA) is 87.4 Å². The summed E-state index contributed by atoms with van der Waals surface area (Å²) in [5, 5.41) is 16.3. The molecule has 3 aromatic carbocycles. The van der Waals surface area contributed by atoms with Gasteiger partial charge in [0, 0.05) is 18.5 Å². The van der Waals surface area contributed by atoms with Crippen molar-refractivity contribution in [2.45, 2.75) is 71.1 Å². The molecule has 1 fully saturated rings. The first kappa shape index (κ1) is 27.4. The smallest absolute Gasteiger partial charge is 0.225 e. The molecule has 36 heavy (non-hydrogen) atoms. The van der Waals surface area contributed by atoms with Crippen molar-refractivity contribution in [3.63, 3.8) is 0 Å². The van der Waals surface area contributed by atoms with Gasteiger partial charge in [-0.3, -0.25) is 4.79 Å². The lowest BCUT2D eigenvalue weighted by atomic mass is 9.74. The third kappa shape index (κ3) is 7.42. The van der Waals surface area contributed by atoms with Crippen molar-refractivity contribution in [1.82, 2.24) is 10.6 Å². The molecule has 192 valence electrons. The van der Waals surface area contributed by atoms with Gasteiger partial charge in [0.1, 0.15) is 11.9 Å². The van der Waals surface area contributed by atoms with Crippen LogP contribution in [-0.2, 0) is 11.3 Å². The Morgan fingerprint density at radius 3 is 2.39 bits per heavy atom. The number of phenols is 1. The molecule has 4 atom stereocenters. The molecule has 5 heteroatoms. The number of hydrogen-bond acceptors (Lipinski definition) is 4. The third-order valence-corrected chi connectivity index (χ3v) is 6.92. The first-order valence-electron chi connectivity index (χ1n) is 13.2. The number of hydrogen-bond donors (Lipinski definition) is 4. The molecule has 1 aliphatic rings. The second-order valence-electron chi connectivity index (χ2n) is 9.34. The van der Waals surface area contributed by atoms with Gasteiger partial charge in [0.15, 0.2) is 0 Å². The van der Waals surface area contributed by atoms with E-state index in [4.69, 9.17) is 5.73 Å². The van der Waals surface area contributed by atoms with Gasteiger partial charge < -0.3 is 21.5 Å². The van der Waals surface area contributed by atoms with Gasteiger partial charge in [-0.05, 0) is 60.1 Å². The van der Waals surface area contributed by atoms with Crippen LogP contribution in [0.5, 0.6) is 5.75 Å². The minimum Gasteiger partial charge on any atom is -0.508 e. The van der Waals surface area contributed by atoms with Gasteiger partial charge in [-0.25, -0.2) is 0 Å². The molecule has 0 heterocycles. The van der Waals surface area contributed by atoms with E-state index in [2.05, 4.69) is 41.8 Å². The van der Waals surface area contributed by atoms with Crippen molar-refractivity contribution < 1.29 is 9.90 Å². The number of carbonyl (C=O) groups is 1. The summed E-state index contributed by atoms with van der Waals surface area (Å²) in [5.41, 5.74) is 10.7. The zero-order valence-electron chi connectivity index (χ0n) is 21.8. The van der Waals surface area contributed by atoms with Crippen molar-refractivity contribution >= 4 is 5.91 Å². The standard InChI is InChI=1S/C29H35N3O2.C2H6/c1-20(23-12-8-14-25(33)18-23)31-19-21-9-7-13-24(17-21)26-15-5-6-16-27(26)29(34)32-28(30)22-10-3-2-4-11-22;1-2/h2-4,7-14,17-18,20,26-28,31,33H,5-6,15-16,19,30H2,1H3,(H,32,34);1-2H3. The number of nitrogens with one attached hydrogen (secondary N) is 2. The van der Waals surface area contributed by atoms with Crippen molar-refractivity contribution in [3.05, 3.63) is 101 Å². The number of phenolic OH excluding ortho intramolecular Hbond substituents is 1. The second kappa shape index (κ2) is 13.8. The highest BCUT2D eigenvalue weighted by Crippen LogP contribution is 2.38. The maximum Gasteiger partial charge on any atom is 0.225 e. The summed E-state index contributed by atoms with van der Waals surface area (Å²) < 4.78 is 0. The number of aromatic hydroxyl groups is 1. The van der Waals surface area contributed by atoms with E-state index in [1.165, 1.54) is 11.1 Å². The molecule has 5 N–H and O–H groups in total. The molecule has 0 saturated heterocycles. The maximum absolute atomic E-state index is 13.2. The average molecular weight is 488 g/mol. The highest BCUT2D eigenvalue weighted by atomic mass is 16.3. The van der Waals surface area contributed by atoms with Crippen molar-refractivity contribution in [2.75, 3.05) is 0 Å². The van der Waals surface area contributed by atoms with Gasteiger partial charge in [-0.15, -0.1) is 0 Å². The fourth-order valence-electron chi connectivity index (χ4n) is 4.96. The Morgan fingerprint density at radius 1 is 0.944 bits per heavy atom. The summed E-state index contributed by atoms with van der Waals surface area (Å²) in [6.45, 7) is 6.81. The summed E-state index contributed by atoms with van der Waals surface area (Å²) in [6.07, 6.45) is 3.60. The van der Waals surface area contributed by atoms with Crippen LogP contribution in [0.1, 0.15) is 86.8 Å². The molecule has 0 radical (unpaired) electrons. The van der Waals surface area contributed by atoms with Crippen LogP contribution in [0.2, 0.25) is 0 Å². The van der Waals surface area contributed by atoms with Crippen LogP contribution >= 0.6 is 0 Å². The molecular formula is C31H41N3O2. The molecule has 4 unspecified atom stereocenters. The lowest BCUT2D eigenvalue weighted by Gasteiger charge is -2.32. The number of carbonyl (C=O) groups excluding carboxylic acids is 1. The Hall–Kier alpha value is -3.15. The molecule has 0 spiro atoms. The first-order chi connectivity index (χ1) is 17.5. The predicted molar refractivity (Wildman–Crippen MR) is 147 cm³/mol. The molecule has 1 saturated carbocycles. The average Bonchev–Trinajstić information content (AvgIpc) is 2.93. The van der Waals surface area contributed by atoms with Crippen molar-refractivity contribution in [2.24, 2.45) is 11.7 Å². The Morgan fingerprint density at radius 2 is 1.64 bits per heavy atom. The van der Waals surface area contributed by atoms with Crippen LogP contribution in [0.25, 0.3) is 0 Å². The van der Waals surface area contributed by atoms with E-state index in [-0.39, 0.29) is 29.5 Å². The largest absolute Gasteiger partial charge is 0.508 e. The summed E-state index contributed by atoms with van der Waals surface area (Å²) in [7, 11) is 0. The number of rotatable bonds is 8. The second-order valence-corrected chi connectivity index (χ2v) is 9.34. The third-order valence-electron chi connectivity index (χ3n) is 6.92. The summed E-state index contributed by atoms with van der Waals surface area (Å²) in [5.74, 6) is 0.446. The molecule has 0 bridgehead atoms. The zero-order valence-corrected chi connectivity index (χ0v) is 21.8. The van der Waals surface area contributed by atoms with Crippen LogP contribution < -0.4 is 16.4 Å². The molecule has 4 rings (SSSR count). The summed E-state index contributed by atoms with van der Waals surface area (Å²) in [6, 6.07) is 25.8. The van der Waals surface area contributed by atoms with Gasteiger partial charge in [0.2, 0.25) is 5.91 Å². The zero-order chi connectivity index (χ0) is 25.9. The number of nitrogens with two attached hydrogens (primary N) is 1. The highest BCUT2D eigenvalue weighted by molar-refractivity contribution is 5.80. The highest BCUT2D eigenvalue weighted by Gasteiger charge is 2.32. The minimum absolute atomic E-state index is 0.0436. The van der Waals surface area contributed by atoms with Gasteiger partial charge in [0.05, 0.1) is 0 Å². The first-order valence-corrected chi connectivity index (χ1v) is 13.2. The molecule has 0 aromatic heterocycles. The van der Waals surface area contributed by atoms with Crippen molar-refractivity contribution in [3.8, 4) is 5.75 Å². The summed E-state index contributed by atoms with van der Waals surface area (Å²) in [4.78, 5) is 13.2. The lowest BCUT2D eigenvalue weighted by Crippen LogP contribution is -2.41. The van der Waals surface area contributed by atoms with Gasteiger partial charge >= 0.3 is 0 Å². The molecule has 3 aromatic rings. The molecule has 0 aliphatic heterocycles. The quantitative estimate of drug-likeness (QED) is 0.280. The molecule has 1 amide bonds. The Bertz CT molecular complexity index is 1090. The fraction of sp³-hybridized carbons (Fsp3) is 0.387. The Labute approximate surface area is 216 Å². The van der Waals surface area contributed by atoms with Crippen molar-refractivity contribution in [1.29, 1.82) is 0 Å². The number of benzene rings is 3. The van der Waals surface area contributed by atoms with Crippen LogP contribution in [0, 0.1) is 5.92 Å².